The van der Waals surface area contributed by atoms with Gasteiger partial charge in [-0.05, 0) is 33.2 Å². The Bertz CT molecular complexity index is 309. The van der Waals surface area contributed by atoms with Gasteiger partial charge in [0.1, 0.15) is 16.1 Å². The fraction of sp³-hybridized carbons (Fsp3) is 0.800. The maximum atomic E-state index is 5.68. The van der Waals surface area contributed by atoms with Crippen molar-refractivity contribution in [3.05, 3.63) is 10.0 Å². The number of hydrogen-bond donors (Lipinski definition) is 1. The second-order valence-electron chi connectivity index (χ2n) is 3.84. The lowest BCUT2D eigenvalue weighted by molar-refractivity contribution is 0.0144. The fourth-order valence-corrected chi connectivity index (χ4v) is 2.60. The topological polar surface area (TPSA) is 47.0 Å². The summed E-state index contributed by atoms with van der Waals surface area (Å²) in [6.07, 6.45) is 3.69. The second kappa shape index (κ2) is 5.01. The summed E-state index contributed by atoms with van der Waals surface area (Å²) in [5.41, 5.74) is 0. The number of aromatic nitrogens is 2. The number of nitrogens with one attached hydrogen (secondary N) is 1. The van der Waals surface area contributed by atoms with Crippen LogP contribution in [-0.4, -0.2) is 23.9 Å². The van der Waals surface area contributed by atoms with E-state index in [4.69, 9.17) is 4.74 Å². The van der Waals surface area contributed by atoms with Crippen molar-refractivity contribution in [2.75, 3.05) is 13.7 Å². The molecule has 0 aromatic carbocycles. The van der Waals surface area contributed by atoms with Crippen molar-refractivity contribution in [1.29, 1.82) is 0 Å². The Balaban J connectivity index is 2.05. The molecule has 1 aliphatic rings. The minimum absolute atomic E-state index is 0.189. The summed E-state index contributed by atoms with van der Waals surface area (Å²) in [6, 6.07) is 0.278. The van der Waals surface area contributed by atoms with Gasteiger partial charge in [0.2, 0.25) is 0 Å². The number of hydrogen-bond acceptors (Lipinski definition) is 5. The summed E-state index contributed by atoms with van der Waals surface area (Å²) in [5, 5.41) is 13.6. The number of rotatable bonds is 3. The molecule has 1 aromatic heterocycles. The second-order valence-corrected chi connectivity index (χ2v) is 4.88. The molecule has 0 amide bonds. The molecule has 0 saturated carbocycles. The number of ether oxygens (including phenoxy) is 1. The van der Waals surface area contributed by atoms with Crippen LogP contribution in [0.5, 0.6) is 0 Å². The third-order valence-corrected chi connectivity index (χ3v) is 3.91. The Labute approximate surface area is 94.1 Å². The highest BCUT2D eigenvalue weighted by Crippen LogP contribution is 2.31. The molecule has 0 aliphatic carbocycles. The molecular formula is C10H17N3OS. The van der Waals surface area contributed by atoms with Gasteiger partial charge in [0.25, 0.3) is 0 Å². The molecule has 4 nitrogen and oxygen atoms in total. The van der Waals surface area contributed by atoms with Gasteiger partial charge in [-0.15, -0.1) is 10.2 Å². The normalized spacial score (nSPS) is 24.0. The summed E-state index contributed by atoms with van der Waals surface area (Å²) in [6.45, 7) is 2.95. The first kappa shape index (κ1) is 11.0. The Morgan fingerprint density at radius 1 is 1.47 bits per heavy atom. The third-order valence-electron chi connectivity index (χ3n) is 2.71. The quantitative estimate of drug-likeness (QED) is 0.858. The van der Waals surface area contributed by atoms with E-state index >= 15 is 0 Å². The molecule has 2 heterocycles. The van der Waals surface area contributed by atoms with E-state index in [-0.39, 0.29) is 12.1 Å². The SMILES string of the molecule is CNC(C)c1nnc(C2CCCCO2)s1. The molecule has 0 radical (unpaired) electrons. The Morgan fingerprint density at radius 2 is 2.33 bits per heavy atom. The molecule has 2 unspecified atom stereocenters. The van der Waals surface area contributed by atoms with Gasteiger partial charge >= 0.3 is 0 Å². The molecule has 15 heavy (non-hydrogen) atoms. The molecule has 0 spiro atoms. The largest absolute Gasteiger partial charge is 0.371 e. The molecule has 0 bridgehead atoms. The van der Waals surface area contributed by atoms with Gasteiger partial charge in [0.05, 0.1) is 6.04 Å². The third kappa shape index (κ3) is 2.53. The van der Waals surface area contributed by atoms with E-state index in [1.54, 1.807) is 11.3 Å². The van der Waals surface area contributed by atoms with Crippen molar-refractivity contribution < 1.29 is 4.74 Å². The zero-order valence-corrected chi connectivity index (χ0v) is 10.0. The van der Waals surface area contributed by atoms with Crippen LogP contribution in [0.1, 0.15) is 48.3 Å². The van der Waals surface area contributed by atoms with E-state index < -0.39 is 0 Å². The highest BCUT2D eigenvalue weighted by Gasteiger charge is 2.21. The van der Waals surface area contributed by atoms with Crippen LogP contribution in [0.3, 0.4) is 0 Å². The van der Waals surface area contributed by atoms with Crippen LogP contribution < -0.4 is 5.32 Å². The summed E-state index contributed by atoms with van der Waals surface area (Å²) < 4.78 is 5.68. The van der Waals surface area contributed by atoms with E-state index in [0.717, 1.165) is 23.0 Å². The van der Waals surface area contributed by atoms with Crippen molar-refractivity contribution in [3.63, 3.8) is 0 Å². The van der Waals surface area contributed by atoms with E-state index in [1.807, 2.05) is 7.05 Å². The minimum atomic E-state index is 0.189. The zero-order chi connectivity index (χ0) is 10.7. The molecule has 1 aliphatic heterocycles. The van der Waals surface area contributed by atoms with Crippen LogP contribution in [0.25, 0.3) is 0 Å². The predicted octanol–water partition coefficient (Wildman–Crippen LogP) is 2.06. The average Bonchev–Trinajstić information content (AvgIpc) is 2.78. The highest BCUT2D eigenvalue weighted by molar-refractivity contribution is 7.11. The smallest absolute Gasteiger partial charge is 0.146 e. The average molecular weight is 227 g/mol. The Kier molecular flexibility index (Phi) is 3.66. The fourth-order valence-electron chi connectivity index (χ4n) is 1.61. The van der Waals surface area contributed by atoms with Crippen molar-refractivity contribution >= 4 is 11.3 Å². The maximum Gasteiger partial charge on any atom is 0.146 e. The highest BCUT2D eigenvalue weighted by atomic mass is 32.1. The van der Waals surface area contributed by atoms with Gasteiger partial charge in [-0.2, -0.15) is 0 Å². The first-order valence-corrected chi connectivity index (χ1v) is 6.25. The van der Waals surface area contributed by atoms with E-state index in [2.05, 4.69) is 22.4 Å². The predicted molar refractivity (Wildman–Crippen MR) is 59.9 cm³/mol. The van der Waals surface area contributed by atoms with Crippen LogP contribution in [0, 0.1) is 0 Å². The van der Waals surface area contributed by atoms with Crippen LogP contribution in [0.2, 0.25) is 0 Å². The molecule has 1 fully saturated rings. The van der Waals surface area contributed by atoms with Gasteiger partial charge in [0.15, 0.2) is 0 Å². The standard InChI is InChI=1S/C10H17N3OS/c1-7(11-2)9-12-13-10(15-9)8-5-3-4-6-14-8/h7-8,11H,3-6H2,1-2H3. The lowest BCUT2D eigenvalue weighted by Crippen LogP contribution is -2.11. The van der Waals surface area contributed by atoms with Crippen LogP contribution >= 0.6 is 11.3 Å². The Hall–Kier alpha value is -0.520. The summed E-state index contributed by atoms with van der Waals surface area (Å²) in [4.78, 5) is 0. The summed E-state index contributed by atoms with van der Waals surface area (Å²) in [7, 11) is 1.93. The molecular weight excluding hydrogens is 210 g/mol. The van der Waals surface area contributed by atoms with Crippen molar-refractivity contribution in [2.45, 2.75) is 38.3 Å². The maximum absolute atomic E-state index is 5.68. The molecule has 1 saturated heterocycles. The monoisotopic (exact) mass is 227 g/mol. The molecule has 84 valence electrons. The molecule has 1 aromatic rings. The zero-order valence-electron chi connectivity index (χ0n) is 9.19. The first-order chi connectivity index (χ1) is 7.31. The van der Waals surface area contributed by atoms with Crippen LogP contribution in [0.4, 0.5) is 0 Å². The van der Waals surface area contributed by atoms with Gasteiger partial charge in [-0.1, -0.05) is 11.3 Å². The lowest BCUT2D eigenvalue weighted by Gasteiger charge is -2.19. The molecule has 2 rings (SSSR count). The van der Waals surface area contributed by atoms with Crippen molar-refractivity contribution in [3.8, 4) is 0 Å². The van der Waals surface area contributed by atoms with Gasteiger partial charge in [-0.3, -0.25) is 0 Å². The Morgan fingerprint density at radius 3 is 3.00 bits per heavy atom. The van der Waals surface area contributed by atoms with Crippen LogP contribution in [-0.2, 0) is 4.74 Å². The summed E-state index contributed by atoms with van der Waals surface area (Å²) in [5.74, 6) is 0. The molecule has 2 atom stereocenters. The first-order valence-electron chi connectivity index (χ1n) is 5.43. The summed E-state index contributed by atoms with van der Waals surface area (Å²) >= 11 is 1.66. The van der Waals surface area contributed by atoms with Gasteiger partial charge in [-0.25, -0.2) is 0 Å². The van der Waals surface area contributed by atoms with Crippen molar-refractivity contribution in [2.24, 2.45) is 0 Å². The van der Waals surface area contributed by atoms with Gasteiger partial charge in [0, 0.05) is 6.61 Å². The minimum Gasteiger partial charge on any atom is -0.371 e. The van der Waals surface area contributed by atoms with Crippen molar-refractivity contribution in [1.82, 2.24) is 15.5 Å². The lowest BCUT2D eigenvalue weighted by atomic mass is 10.1. The van der Waals surface area contributed by atoms with E-state index in [9.17, 15) is 0 Å². The van der Waals surface area contributed by atoms with Gasteiger partial charge < -0.3 is 10.1 Å². The molecule has 1 N–H and O–H groups in total. The molecule has 5 heteroatoms. The van der Waals surface area contributed by atoms with E-state index in [1.165, 1.54) is 12.8 Å². The number of nitrogens with zero attached hydrogens (tertiary/aromatic N) is 2. The van der Waals surface area contributed by atoms with Crippen LogP contribution in [0.15, 0.2) is 0 Å². The van der Waals surface area contributed by atoms with E-state index in [0.29, 0.717) is 0 Å².